The minimum absolute atomic E-state index is 0. The second-order valence-corrected chi connectivity index (χ2v) is 6.53. The Morgan fingerprint density at radius 3 is 2.83 bits per heavy atom. The molecule has 0 saturated carbocycles. The van der Waals surface area contributed by atoms with E-state index in [1.807, 2.05) is 0 Å². The van der Waals surface area contributed by atoms with Gasteiger partial charge in [0.15, 0.2) is 11.5 Å². The zero-order valence-electron chi connectivity index (χ0n) is 13.1. The first-order valence-electron chi connectivity index (χ1n) is 7.84. The number of aliphatic hydroxyl groups is 1. The van der Waals surface area contributed by atoms with Crippen LogP contribution in [0.2, 0.25) is 0 Å². The maximum Gasteiger partial charge on any atom is 0.231 e. The Labute approximate surface area is 160 Å². The summed E-state index contributed by atoms with van der Waals surface area (Å²) in [4.78, 5) is 2.47. The van der Waals surface area contributed by atoms with Gasteiger partial charge in [-0.25, -0.2) is 0 Å². The number of benzene rings is 1. The Morgan fingerprint density at radius 2 is 2.04 bits per heavy atom. The number of fused-ring (bicyclic) bond motifs is 3. The summed E-state index contributed by atoms with van der Waals surface area (Å²) < 4.78 is 16.6. The van der Waals surface area contributed by atoms with Crippen LogP contribution in [0, 0.1) is 0 Å². The normalized spacial score (nSPS) is 33.6. The third-order valence-corrected chi connectivity index (χ3v) is 5.52. The smallest absolute Gasteiger partial charge is 0.231 e. The number of nitrogens with zero attached hydrogens (tertiary/aromatic N) is 1. The molecule has 4 atom stereocenters. The Morgan fingerprint density at radius 1 is 1.26 bits per heavy atom. The molecule has 1 N–H and O–H groups in total. The van der Waals surface area contributed by atoms with Crippen LogP contribution in [0.15, 0.2) is 23.8 Å². The van der Waals surface area contributed by atoms with E-state index in [0.29, 0.717) is 6.04 Å². The van der Waals surface area contributed by atoms with Crippen molar-refractivity contribution in [2.24, 2.45) is 0 Å². The van der Waals surface area contributed by atoms with Crippen LogP contribution in [0.1, 0.15) is 23.5 Å². The summed E-state index contributed by atoms with van der Waals surface area (Å²) in [7, 11) is 1.67. The molecule has 5 nitrogen and oxygen atoms in total. The molecule has 119 valence electrons. The van der Waals surface area contributed by atoms with E-state index in [9.17, 15) is 5.11 Å². The second-order valence-electron chi connectivity index (χ2n) is 6.53. The van der Waals surface area contributed by atoms with Crippen molar-refractivity contribution in [3.05, 3.63) is 34.9 Å². The minimum Gasteiger partial charge on any atom is -0.454 e. The molecule has 3 heterocycles. The van der Waals surface area contributed by atoms with Crippen LogP contribution in [0.4, 0.5) is 0 Å². The molecule has 1 radical (unpaired) electrons. The fourth-order valence-corrected chi connectivity index (χ4v) is 4.54. The van der Waals surface area contributed by atoms with Crippen LogP contribution in [0.25, 0.3) is 0 Å². The van der Waals surface area contributed by atoms with Gasteiger partial charge >= 0.3 is 0 Å². The van der Waals surface area contributed by atoms with Gasteiger partial charge in [-0.3, -0.25) is 4.90 Å². The molecule has 3 aliphatic heterocycles. The standard InChI is InChI=1S/C17H19NO4.Y/c1-20-14-4-9-2-3-18-7-10-5-12-13(22-8-21-12)6-11(10)15(16(9)18)17(14)19;/h4-6,14-17,19H,2-3,7-8H2,1H3;/t14-,15-,16+,17+;/m0./s1. The van der Waals surface area contributed by atoms with E-state index in [1.54, 1.807) is 7.11 Å². The Hall–Kier alpha value is -0.456. The SMILES string of the molecule is CO[C@H]1C=C2CCN3Cc4cc5c(cc4[C@H]([C@@H]1O)[C@@H]23)OCO5.[Y]. The molecule has 0 aromatic heterocycles. The maximum absolute atomic E-state index is 10.9. The monoisotopic (exact) mass is 390 g/mol. The molecule has 1 saturated heterocycles. The summed E-state index contributed by atoms with van der Waals surface area (Å²) in [5, 5.41) is 10.9. The molecular formula is C17H19NO4Y. The summed E-state index contributed by atoms with van der Waals surface area (Å²) in [6.45, 7) is 2.24. The predicted molar refractivity (Wildman–Crippen MR) is 79.0 cm³/mol. The van der Waals surface area contributed by atoms with Crippen LogP contribution in [-0.4, -0.2) is 48.7 Å². The van der Waals surface area contributed by atoms with Gasteiger partial charge in [-0.15, -0.1) is 0 Å². The molecule has 5 rings (SSSR count). The van der Waals surface area contributed by atoms with E-state index in [0.717, 1.165) is 31.0 Å². The van der Waals surface area contributed by atoms with Gasteiger partial charge in [0.25, 0.3) is 0 Å². The molecule has 6 heteroatoms. The van der Waals surface area contributed by atoms with Crippen molar-refractivity contribution in [2.45, 2.75) is 37.1 Å². The molecular weight excluding hydrogens is 371 g/mol. The van der Waals surface area contributed by atoms with E-state index in [2.05, 4.69) is 23.1 Å². The average molecular weight is 390 g/mol. The van der Waals surface area contributed by atoms with E-state index < -0.39 is 6.10 Å². The van der Waals surface area contributed by atoms with Gasteiger partial charge in [0.2, 0.25) is 6.79 Å². The topological polar surface area (TPSA) is 51.2 Å². The second kappa shape index (κ2) is 5.81. The fourth-order valence-electron chi connectivity index (χ4n) is 4.54. The Kier molecular flexibility index (Phi) is 4.05. The van der Waals surface area contributed by atoms with Crippen molar-refractivity contribution in [2.75, 3.05) is 20.4 Å². The van der Waals surface area contributed by atoms with Crippen molar-refractivity contribution < 1.29 is 52.0 Å². The fraction of sp³-hybridized carbons (Fsp3) is 0.529. The van der Waals surface area contributed by atoms with Gasteiger partial charge in [0, 0.05) is 64.9 Å². The van der Waals surface area contributed by atoms with Crippen molar-refractivity contribution in [3.63, 3.8) is 0 Å². The molecule has 0 spiro atoms. The molecule has 1 aromatic rings. The van der Waals surface area contributed by atoms with Crippen LogP contribution in [-0.2, 0) is 44.0 Å². The molecule has 23 heavy (non-hydrogen) atoms. The summed E-state index contributed by atoms with van der Waals surface area (Å²) >= 11 is 0. The summed E-state index contributed by atoms with van der Waals surface area (Å²) in [5.74, 6) is 1.66. The van der Waals surface area contributed by atoms with Gasteiger partial charge in [-0.05, 0) is 29.7 Å². The minimum atomic E-state index is -0.529. The first-order chi connectivity index (χ1) is 10.8. The van der Waals surface area contributed by atoms with Crippen molar-refractivity contribution >= 4 is 0 Å². The quantitative estimate of drug-likeness (QED) is 0.735. The Balaban J connectivity index is 0.00000135. The number of ether oxygens (including phenoxy) is 3. The Bertz CT molecular complexity index is 677. The van der Waals surface area contributed by atoms with Gasteiger partial charge < -0.3 is 19.3 Å². The number of methoxy groups -OCH3 is 1. The van der Waals surface area contributed by atoms with Crippen molar-refractivity contribution in [3.8, 4) is 11.5 Å². The van der Waals surface area contributed by atoms with Crippen molar-refractivity contribution in [1.29, 1.82) is 0 Å². The van der Waals surface area contributed by atoms with Crippen LogP contribution in [0.5, 0.6) is 11.5 Å². The van der Waals surface area contributed by atoms with Gasteiger partial charge in [0.05, 0.1) is 6.10 Å². The number of hydrogen-bond acceptors (Lipinski definition) is 5. The van der Waals surface area contributed by atoms with E-state index in [1.165, 1.54) is 16.7 Å². The van der Waals surface area contributed by atoms with Gasteiger partial charge in [-0.2, -0.15) is 0 Å². The molecule has 1 fully saturated rings. The largest absolute Gasteiger partial charge is 0.454 e. The molecule has 4 aliphatic rings. The zero-order chi connectivity index (χ0) is 14.8. The number of hydrogen-bond donors (Lipinski definition) is 1. The van der Waals surface area contributed by atoms with Crippen molar-refractivity contribution in [1.82, 2.24) is 4.90 Å². The van der Waals surface area contributed by atoms with Gasteiger partial charge in [-0.1, -0.05) is 11.6 Å². The molecule has 0 bridgehead atoms. The third-order valence-electron chi connectivity index (χ3n) is 5.52. The third kappa shape index (κ3) is 2.24. The molecule has 1 aliphatic carbocycles. The first kappa shape index (κ1) is 16.0. The number of rotatable bonds is 1. The van der Waals surface area contributed by atoms with E-state index >= 15 is 0 Å². The summed E-state index contributed by atoms with van der Waals surface area (Å²) in [6, 6.07) is 4.45. The van der Waals surface area contributed by atoms with Crippen LogP contribution >= 0.6 is 0 Å². The predicted octanol–water partition coefficient (Wildman–Crippen LogP) is 1.40. The maximum atomic E-state index is 10.9. The average Bonchev–Trinajstić information content (AvgIpc) is 3.14. The van der Waals surface area contributed by atoms with Crippen LogP contribution in [0.3, 0.4) is 0 Å². The first-order valence-corrected chi connectivity index (χ1v) is 7.84. The van der Waals surface area contributed by atoms with Crippen LogP contribution < -0.4 is 9.47 Å². The summed E-state index contributed by atoms with van der Waals surface area (Å²) in [6.07, 6.45) is 2.43. The number of aliphatic hydroxyl groups excluding tert-OH is 1. The molecule has 0 amide bonds. The molecule has 0 unspecified atom stereocenters. The van der Waals surface area contributed by atoms with Gasteiger partial charge in [0.1, 0.15) is 6.10 Å². The van der Waals surface area contributed by atoms with E-state index in [4.69, 9.17) is 14.2 Å². The summed E-state index contributed by atoms with van der Waals surface area (Å²) in [5.41, 5.74) is 3.83. The zero-order valence-corrected chi connectivity index (χ0v) is 15.9. The molecule has 1 aromatic carbocycles. The van der Waals surface area contributed by atoms with E-state index in [-0.39, 0.29) is 51.5 Å².